The highest BCUT2D eigenvalue weighted by molar-refractivity contribution is 9.10. The molecule has 1 rings (SSSR count). The Hall–Kier alpha value is -1.07. The second-order valence-corrected chi connectivity index (χ2v) is 3.45. The van der Waals surface area contributed by atoms with Crippen molar-refractivity contribution in [1.82, 2.24) is 0 Å². The van der Waals surface area contributed by atoms with Crippen molar-refractivity contribution in [3.8, 4) is 0 Å². The van der Waals surface area contributed by atoms with Crippen LogP contribution in [0.3, 0.4) is 0 Å². The predicted octanol–water partition coefficient (Wildman–Crippen LogP) is 1.18. The molecule has 0 aliphatic rings. The molecule has 0 atom stereocenters. The molecule has 0 aliphatic carbocycles. The number of aliphatic hydroxyl groups is 1. The zero-order chi connectivity index (χ0) is 10.6. The maximum Gasteiger partial charge on any atom is 0.339 e. The standard InChI is InChI=1S/C9H10BrNO3/c10-8-2-1-6(11)5-7(8)9(13)14-4-3-12/h1-2,5,12H,3-4,11H2. The average molecular weight is 260 g/mol. The first kappa shape index (κ1) is 11.0. The first-order chi connectivity index (χ1) is 6.65. The lowest BCUT2D eigenvalue weighted by Gasteiger charge is -2.05. The summed E-state index contributed by atoms with van der Waals surface area (Å²) in [6.45, 7) is -0.203. The van der Waals surface area contributed by atoms with Gasteiger partial charge in [0.15, 0.2) is 0 Å². The van der Waals surface area contributed by atoms with E-state index in [1.54, 1.807) is 12.1 Å². The van der Waals surface area contributed by atoms with Crippen molar-refractivity contribution >= 4 is 27.6 Å². The summed E-state index contributed by atoms with van der Waals surface area (Å²) in [5.41, 5.74) is 6.37. The molecule has 3 N–H and O–H groups in total. The van der Waals surface area contributed by atoms with Gasteiger partial charge in [-0.2, -0.15) is 0 Å². The van der Waals surface area contributed by atoms with Crippen LogP contribution >= 0.6 is 15.9 Å². The third-order valence-corrected chi connectivity index (χ3v) is 2.23. The van der Waals surface area contributed by atoms with Crippen LogP contribution in [0.5, 0.6) is 0 Å². The van der Waals surface area contributed by atoms with E-state index in [0.29, 0.717) is 15.7 Å². The van der Waals surface area contributed by atoms with Crippen LogP contribution in [-0.2, 0) is 4.74 Å². The number of nitrogens with two attached hydrogens (primary N) is 1. The molecule has 1 aromatic rings. The van der Waals surface area contributed by atoms with Crippen LogP contribution in [0.1, 0.15) is 10.4 Å². The molecule has 0 heterocycles. The number of carbonyl (C=O) groups is 1. The van der Waals surface area contributed by atoms with Gasteiger partial charge in [-0.3, -0.25) is 0 Å². The summed E-state index contributed by atoms with van der Waals surface area (Å²) in [7, 11) is 0. The number of hydrogen-bond acceptors (Lipinski definition) is 4. The summed E-state index contributed by atoms with van der Waals surface area (Å²) in [5.74, 6) is -0.502. The molecular weight excluding hydrogens is 250 g/mol. The molecular formula is C9H10BrNO3. The lowest BCUT2D eigenvalue weighted by molar-refractivity contribution is 0.0433. The summed E-state index contributed by atoms with van der Waals surface area (Å²) in [6, 6.07) is 4.86. The summed E-state index contributed by atoms with van der Waals surface area (Å²) < 4.78 is 5.36. The van der Waals surface area contributed by atoms with E-state index in [9.17, 15) is 4.79 Å². The number of nitrogen functional groups attached to an aromatic ring is 1. The second-order valence-electron chi connectivity index (χ2n) is 2.60. The number of halogens is 1. The molecule has 0 radical (unpaired) electrons. The third kappa shape index (κ3) is 2.71. The number of benzene rings is 1. The minimum atomic E-state index is -0.502. The largest absolute Gasteiger partial charge is 0.460 e. The third-order valence-electron chi connectivity index (χ3n) is 1.53. The summed E-state index contributed by atoms with van der Waals surface area (Å²) in [6.07, 6.45) is 0. The van der Waals surface area contributed by atoms with E-state index in [2.05, 4.69) is 15.9 Å². The molecule has 0 bridgehead atoms. The lowest BCUT2D eigenvalue weighted by Crippen LogP contribution is -2.09. The van der Waals surface area contributed by atoms with E-state index in [-0.39, 0.29) is 13.2 Å². The number of carbonyl (C=O) groups excluding carboxylic acids is 1. The minimum Gasteiger partial charge on any atom is -0.460 e. The van der Waals surface area contributed by atoms with Crippen molar-refractivity contribution in [1.29, 1.82) is 0 Å². The fourth-order valence-corrected chi connectivity index (χ4v) is 1.32. The number of aliphatic hydroxyl groups excluding tert-OH is 1. The topological polar surface area (TPSA) is 72.6 Å². The van der Waals surface area contributed by atoms with Gasteiger partial charge in [0.05, 0.1) is 12.2 Å². The molecule has 0 spiro atoms. The highest BCUT2D eigenvalue weighted by Gasteiger charge is 2.11. The van der Waals surface area contributed by atoms with Crippen LogP contribution in [0.4, 0.5) is 5.69 Å². The van der Waals surface area contributed by atoms with Gasteiger partial charge in [-0.05, 0) is 34.1 Å². The van der Waals surface area contributed by atoms with Gasteiger partial charge in [0.1, 0.15) is 6.61 Å². The van der Waals surface area contributed by atoms with E-state index in [0.717, 1.165) is 0 Å². The van der Waals surface area contributed by atoms with Gasteiger partial charge in [0, 0.05) is 10.2 Å². The van der Waals surface area contributed by atoms with Crippen molar-refractivity contribution in [3.63, 3.8) is 0 Å². The molecule has 0 saturated heterocycles. The SMILES string of the molecule is Nc1ccc(Br)c(C(=O)OCCO)c1. The minimum absolute atomic E-state index is 0.0138. The Morgan fingerprint density at radius 1 is 1.57 bits per heavy atom. The molecule has 14 heavy (non-hydrogen) atoms. The monoisotopic (exact) mass is 259 g/mol. The van der Waals surface area contributed by atoms with Gasteiger partial charge >= 0.3 is 5.97 Å². The molecule has 0 amide bonds. The maximum atomic E-state index is 11.4. The summed E-state index contributed by atoms with van der Waals surface area (Å²) in [5, 5.41) is 8.47. The predicted molar refractivity (Wildman–Crippen MR) is 55.9 cm³/mol. The van der Waals surface area contributed by atoms with Crippen LogP contribution in [-0.4, -0.2) is 24.3 Å². The molecule has 4 nitrogen and oxygen atoms in total. The first-order valence-corrected chi connectivity index (χ1v) is 4.77. The van der Waals surface area contributed by atoms with Gasteiger partial charge in [-0.25, -0.2) is 4.79 Å². The van der Waals surface area contributed by atoms with Crippen molar-refractivity contribution in [3.05, 3.63) is 28.2 Å². The smallest absolute Gasteiger partial charge is 0.339 e. The van der Waals surface area contributed by atoms with Gasteiger partial charge in [-0.15, -0.1) is 0 Å². The molecule has 0 unspecified atom stereocenters. The van der Waals surface area contributed by atoms with Crippen molar-refractivity contribution in [2.45, 2.75) is 0 Å². The normalized spacial score (nSPS) is 9.86. The Morgan fingerprint density at radius 3 is 2.93 bits per heavy atom. The highest BCUT2D eigenvalue weighted by atomic mass is 79.9. The summed E-state index contributed by atoms with van der Waals surface area (Å²) in [4.78, 5) is 11.4. The highest BCUT2D eigenvalue weighted by Crippen LogP contribution is 2.20. The molecule has 0 aliphatic heterocycles. The van der Waals surface area contributed by atoms with E-state index >= 15 is 0 Å². The van der Waals surface area contributed by atoms with Crippen molar-refractivity contribution in [2.75, 3.05) is 18.9 Å². The number of anilines is 1. The fraction of sp³-hybridized carbons (Fsp3) is 0.222. The van der Waals surface area contributed by atoms with Gasteiger partial charge in [0.25, 0.3) is 0 Å². The van der Waals surface area contributed by atoms with Gasteiger partial charge < -0.3 is 15.6 Å². The molecule has 5 heteroatoms. The fourth-order valence-electron chi connectivity index (χ4n) is 0.915. The summed E-state index contributed by atoms with van der Waals surface area (Å²) >= 11 is 3.20. The quantitative estimate of drug-likeness (QED) is 0.632. The average Bonchev–Trinajstić information content (AvgIpc) is 2.18. The maximum absolute atomic E-state index is 11.4. The van der Waals surface area contributed by atoms with E-state index in [4.69, 9.17) is 15.6 Å². The Labute approximate surface area is 89.8 Å². The Bertz CT molecular complexity index is 341. The van der Waals surface area contributed by atoms with Gasteiger partial charge in [-0.1, -0.05) is 0 Å². The van der Waals surface area contributed by atoms with Crippen LogP contribution in [0.25, 0.3) is 0 Å². The van der Waals surface area contributed by atoms with E-state index in [1.807, 2.05) is 0 Å². The molecule has 0 aromatic heterocycles. The zero-order valence-corrected chi connectivity index (χ0v) is 8.95. The number of rotatable bonds is 3. The lowest BCUT2D eigenvalue weighted by atomic mass is 10.2. The van der Waals surface area contributed by atoms with Crippen molar-refractivity contribution in [2.24, 2.45) is 0 Å². The second kappa shape index (κ2) is 4.97. The van der Waals surface area contributed by atoms with E-state index in [1.165, 1.54) is 6.07 Å². The number of esters is 1. The van der Waals surface area contributed by atoms with E-state index < -0.39 is 5.97 Å². The van der Waals surface area contributed by atoms with Crippen LogP contribution in [0.2, 0.25) is 0 Å². The number of hydrogen-bond donors (Lipinski definition) is 2. The molecule has 0 saturated carbocycles. The number of ether oxygens (including phenoxy) is 1. The van der Waals surface area contributed by atoms with Crippen molar-refractivity contribution < 1.29 is 14.6 Å². The molecule has 0 fully saturated rings. The Morgan fingerprint density at radius 2 is 2.29 bits per heavy atom. The Kier molecular flexibility index (Phi) is 3.91. The molecule has 1 aromatic carbocycles. The first-order valence-electron chi connectivity index (χ1n) is 3.98. The van der Waals surface area contributed by atoms with Crippen LogP contribution in [0, 0.1) is 0 Å². The van der Waals surface area contributed by atoms with Crippen LogP contribution in [0.15, 0.2) is 22.7 Å². The van der Waals surface area contributed by atoms with Crippen LogP contribution < -0.4 is 5.73 Å². The Balaban J connectivity index is 2.83. The van der Waals surface area contributed by atoms with Gasteiger partial charge in [0.2, 0.25) is 0 Å². The zero-order valence-electron chi connectivity index (χ0n) is 7.37. The molecule has 76 valence electrons.